The SMILES string of the molecule is COC(=O)c1c(-c2ccc(NCC3CC3)cc2)cc(OC)c(-c2ccc(NC(C)C)cc2)c1C. The molecule has 1 saturated carbocycles. The summed E-state index contributed by atoms with van der Waals surface area (Å²) >= 11 is 0. The molecule has 0 atom stereocenters. The third-order valence-corrected chi connectivity index (χ3v) is 6.27. The maximum absolute atomic E-state index is 13.0. The number of nitrogens with one attached hydrogen (secondary N) is 2. The van der Waals surface area contributed by atoms with Crippen molar-refractivity contribution < 1.29 is 14.3 Å². The standard InChI is InChI=1S/C29H34N2O3/c1-18(2)31-24-14-10-22(11-15-24)27-19(3)28(29(32)34-5)25(16-26(27)33-4)21-8-12-23(13-9-21)30-17-20-6-7-20/h8-16,18,20,30-31H,6-7,17H2,1-5H3. The molecule has 0 radical (unpaired) electrons. The quantitative estimate of drug-likeness (QED) is 0.347. The zero-order valence-corrected chi connectivity index (χ0v) is 20.7. The van der Waals surface area contributed by atoms with E-state index in [9.17, 15) is 4.79 Å². The Morgan fingerprint density at radius 3 is 2.15 bits per heavy atom. The Kier molecular flexibility index (Phi) is 7.11. The Balaban J connectivity index is 1.75. The van der Waals surface area contributed by atoms with Gasteiger partial charge in [0.15, 0.2) is 0 Å². The molecule has 34 heavy (non-hydrogen) atoms. The second-order valence-corrected chi connectivity index (χ2v) is 9.27. The van der Waals surface area contributed by atoms with Crippen LogP contribution in [0.1, 0.15) is 42.6 Å². The molecule has 0 unspecified atom stereocenters. The van der Waals surface area contributed by atoms with E-state index in [1.165, 1.54) is 20.0 Å². The van der Waals surface area contributed by atoms with Crippen LogP contribution in [0.4, 0.5) is 11.4 Å². The van der Waals surface area contributed by atoms with E-state index < -0.39 is 0 Å². The molecule has 178 valence electrons. The lowest BCUT2D eigenvalue weighted by Gasteiger charge is -2.20. The van der Waals surface area contributed by atoms with Gasteiger partial charge in [-0.3, -0.25) is 0 Å². The molecule has 1 aliphatic rings. The average Bonchev–Trinajstić information content (AvgIpc) is 3.67. The summed E-state index contributed by atoms with van der Waals surface area (Å²) in [5.41, 5.74) is 7.16. The van der Waals surface area contributed by atoms with Gasteiger partial charge in [-0.15, -0.1) is 0 Å². The van der Waals surface area contributed by atoms with Crippen LogP contribution in [-0.2, 0) is 4.74 Å². The van der Waals surface area contributed by atoms with Crippen molar-refractivity contribution in [1.82, 2.24) is 0 Å². The fraction of sp³-hybridized carbons (Fsp3) is 0.345. The van der Waals surface area contributed by atoms with Crippen LogP contribution in [0.3, 0.4) is 0 Å². The van der Waals surface area contributed by atoms with Gasteiger partial charge in [-0.1, -0.05) is 24.3 Å². The maximum Gasteiger partial charge on any atom is 0.338 e. The van der Waals surface area contributed by atoms with Gasteiger partial charge in [0, 0.05) is 35.1 Å². The molecule has 3 aromatic carbocycles. The van der Waals surface area contributed by atoms with Crippen LogP contribution < -0.4 is 15.4 Å². The Morgan fingerprint density at radius 2 is 1.59 bits per heavy atom. The topological polar surface area (TPSA) is 59.6 Å². The lowest BCUT2D eigenvalue weighted by molar-refractivity contribution is 0.0601. The predicted molar refractivity (Wildman–Crippen MR) is 140 cm³/mol. The monoisotopic (exact) mass is 458 g/mol. The summed E-state index contributed by atoms with van der Waals surface area (Å²) < 4.78 is 11.0. The molecule has 4 rings (SSSR count). The van der Waals surface area contributed by atoms with Crippen molar-refractivity contribution in [3.63, 3.8) is 0 Å². The summed E-state index contributed by atoms with van der Waals surface area (Å²) in [7, 11) is 3.09. The Labute approximate surface area is 202 Å². The number of carbonyl (C=O) groups excluding carboxylic acids is 1. The average molecular weight is 459 g/mol. The highest BCUT2D eigenvalue weighted by molar-refractivity contribution is 6.02. The van der Waals surface area contributed by atoms with Gasteiger partial charge in [0.2, 0.25) is 0 Å². The highest BCUT2D eigenvalue weighted by atomic mass is 16.5. The number of anilines is 2. The van der Waals surface area contributed by atoms with E-state index in [4.69, 9.17) is 9.47 Å². The number of ether oxygens (including phenoxy) is 2. The number of hydrogen-bond acceptors (Lipinski definition) is 5. The molecule has 0 aromatic heterocycles. The lowest BCUT2D eigenvalue weighted by atomic mass is 9.88. The molecule has 2 N–H and O–H groups in total. The second-order valence-electron chi connectivity index (χ2n) is 9.27. The van der Waals surface area contributed by atoms with Crippen LogP contribution in [0.5, 0.6) is 5.75 Å². The first kappa shape index (κ1) is 23.7. The van der Waals surface area contributed by atoms with Gasteiger partial charge in [-0.25, -0.2) is 4.79 Å². The minimum Gasteiger partial charge on any atom is -0.496 e. The fourth-order valence-corrected chi connectivity index (χ4v) is 4.32. The normalized spacial score (nSPS) is 13.0. The number of esters is 1. The smallest absolute Gasteiger partial charge is 0.338 e. The van der Waals surface area contributed by atoms with Crippen molar-refractivity contribution in [3.8, 4) is 28.0 Å². The molecule has 0 saturated heterocycles. The van der Waals surface area contributed by atoms with E-state index in [2.05, 4.69) is 48.7 Å². The number of carbonyl (C=O) groups is 1. The molecule has 0 spiro atoms. The number of methoxy groups -OCH3 is 2. The minimum absolute atomic E-state index is 0.350. The number of hydrogen-bond donors (Lipinski definition) is 2. The summed E-state index contributed by atoms with van der Waals surface area (Å²) in [5, 5.41) is 6.90. The largest absolute Gasteiger partial charge is 0.496 e. The zero-order valence-electron chi connectivity index (χ0n) is 20.7. The highest BCUT2D eigenvalue weighted by Gasteiger charge is 2.24. The number of benzene rings is 3. The summed E-state index contributed by atoms with van der Waals surface area (Å²) in [6.07, 6.45) is 2.63. The summed E-state index contributed by atoms with van der Waals surface area (Å²) in [6, 6.07) is 18.7. The number of rotatable bonds is 9. The first-order chi connectivity index (χ1) is 16.4. The third kappa shape index (κ3) is 5.19. The summed E-state index contributed by atoms with van der Waals surface area (Å²) in [4.78, 5) is 13.0. The fourth-order valence-electron chi connectivity index (χ4n) is 4.32. The molecular formula is C29H34N2O3. The highest BCUT2D eigenvalue weighted by Crippen LogP contribution is 2.41. The van der Waals surface area contributed by atoms with Gasteiger partial charge in [-0.2, -0.15) is 0 Å². The molecule has 0 amide bonds. The molecule has 1 fully saturated rings. The molecule has 5 heteroatoms. The van der Waals surface area contributed by atoms with Crippen LogP contribution in [0.25, 0.3) is 22.3 Å². The van der Waals surface area contributed by atoms with E-state index in [1.54, 1.807) is 7.11 Å². The Morgan fingerprint density at radius 1 is 0.971 bits per heavy atom. The van der Waals surface area contributed by atoms with Gasteiger partial charge >= 0.3 is 5.97 Å². The van der Waals surface area contributed by atoms with Gasteiger partial charge in [-0.05, 0) is 86.6 Å². The molecule has 5 nitrogen and oxygen atoms in total. The van der Waals surface area contributed by atoms with Crippen molar-refractivity contribution in [2.75, 3.05) is 31.4 Å². The van der Waals surface area contributed by atoms with Gasteiger partial charge in [0.05, 0.1) is 19.8 Å². The minimum atomic E-state index is -0.356. The second kappa shape index (κ2) is 10.2. The first-order valence-electron chi connectivity index (χ1n) is 11.9. The zero-order chi connectivity index (χ0) is 24.2. The van der Waals surface area contributed by atoms with Crippen LogP contribution >= 0.6 is 0 Å². The molecule has 0 heterocycles. The van der Waals surface area contributed by atoms with Crippen LogP contribution in [0.15, 0.2) is 54.6 Å². The van der Waals surface area contributed by atoms with Crippen LogP contribution in [0, 0.1) is 12.8 Å². The molecule has 0 aliphatic heterocycles. The Bertz CT molecular complexity index is 1150. The van der Waals surface area contributed by atoms with Gasteiger partial charge in [0.25, 0.3) is 0 Å². The van der Waals surface area contributed by atoms with E-state index >= 15 is 0 Å². The van der Waals surface area contributed by atoms with E-state index in [0.29, 0.717) is 11.6 Å². The van der Waals surface area contributed by atoms with Gasteiger partial charge < -0.3 is 20.1 Å². The summed E-state index contributed by atoms with van der Waals surface area (Å²) in [5.74, 6) is 1.17. The van der Waals surface area contributed by atoms with E-state index in [0.717, 1.165) is 57.4 Å². The molecular weight excluding hydrogens is 424 g/mol. The predicted octanol–water partition coefficient (Wildman–Crippen LogP) is 6.77. The van der Waals surface area contributed by atoms with Crippen molar-refractivity contribution in [1.29, 1.82) is 0 Å². The van der Waals surface area contributed by atoms with Crippen molar-refractivity contribution in [3.05, 3.63) is 65.7 Å². The van der Waals surface area contributed by atoms with Crippen LogP contribution in [-0.4, -0.2) is 32.8 Å². The molecule has 3 aromatic rings. The molecule has 1 aliphatic carbocycles. The van der Waals surface area contributed by atoms with E-state index in [-0.39, 0.29) is 5.97 Å². The summed E-state index contributed by atoms with van der Waals surface area (Å²) in [6.45, 7) is 7.19. The van der Waals surface area contributed by atoms with E-state index in [1.807, 2.05) is 37.3 Å². The Hall–Kier alpha value is -3.47. The third-order valence-electron chi connectivity index (χ3n) is 6.27. The first-order valence-corrected chi connectivity index (χ1v) is 11.9. The lowest BCUT2D eigenvalue weighted by Crippen LogP contribution is -2.10. The maximum atomic E-state index is 13.0. The van der Waals surface area contributed by atoms with Crippen molar-refractivity contribution in [2.24, 2.45) is 5.92 Å². The van der Waals surface area contributed by atoms with Gasteiger partial charge in [0.1, 0.15) is 5.75 Å². The van der Waals surface area contributed by atoms with Crippen molar-refractivity contribution >= 4 is 17.3 Å². The van der Waals surface area contributed by atoms with Crippen molar-refractivity contribution in [2.45, 2.75) is 39.7 Å². The van der Waals surface area contributed by atoms with Crippen LogP contribution in [0.2, 0.25) is 0 Å². The molecule has 0 bridgehead atoms.